The van der Waals surface area contributed by atoms with Gasteiger partial charge in [0.1, 0.15) is 0 Å². The Morgan fingerprint density at radius 2 is 2.00 bits per heavy atom. The van der Waals surface area contributed by atoms with Crippen molar-refractivity contribution in [2.45, 2.75) is 27.2 Å². The van der Waals surface area contributed by atoms with Gasteiger partial charge in [-0.05, 0) is 25.8 Å². The van der Waals surface area contributed by atoms with E-state index in [0.29, 0.717) is 0 Å². The van der Waals surface area contributed by atoms with Gasteiger partial charge in [0, 0.05) is 0 Å². The fourth-order valence-corrected chi connectivity index (χ4v) is 0.450. The van der Waals surface area contributed by atoms with Gasteiger partial charge in [0.2, 0.25) is 0 Å². The van der Waals surface area contributed by atoms with Crippen molar-refractivity contribution in [2.24, 2.45) is 0 Å². The Morgan fingerprint density at radius 1 is 1.50 bits per heavy atom. The Morgan fingerprint density at radius 3 is 2.12 bits per heavy atom. The van der Waals surface area contributed by atoms with Crippen LogP contribution in [0.3, 0.4) is 0 Å². The summed E-state index contributed by atoms with van der Waals surface area (Å²) in [5.41, 5.74) is 0.868. The fraction of sp³-hybridized carbons (Fsp3) is 0.571. The van der Waals surface area contributed by atoms with Crippen molar-refractivity contribution in [1.29, 1.82) is 0 Å². The largest absolute Gasteiger partial charge is 0.295 e. The first-order chi connectivity index (χ1) is 3.68. The van der Waals surface area contributed by atoms with Gasteiger partial charge in [-0.1, -0.05) is 13.0 Å². The lowest BCUT2D eigenvalue weighted by molar-refractivity contribution is -0.113. The van der Waals surface area contributed by atoms with Crippen LogP contribution in [0.2, 0.25) is 0 Å². The predicted octanol–water partition coefficient (Wildman–Crippen LogP) is 1.93. The van der Waals surface area contributed by atoms with Crippen LogP contribution in [-0.4, -0.2) is 5.78 Å². The zero-order valence-electron chi connectivity index (χ0n) is 5.69. The van der Waals surface area contributed by atoms with E-state index in [1.165, 1.54) is 0 Å². The second-order valence-electron chi connectivity index (χ2n) is 1.85. The molecule has 0 aliphatic rings. The van der Waals surface area contributed by atoms with E-state index in [9.17, 15) is 4.79 Å². The molecule has 0 radical (unpaired) electrons. The number of ketones is 1. The zero-order chi connectivity index (χ0) is 6.57. The number of hydrogen-bond donors (Lipinski definition) is 0. The van der Waals surface area contributed by atoms with Gasteiger partial charge in [0.05, 0.1) is 0 Å². The maximum Gasteiger partial charge on any atom is 0.155 e. The molecule has 0 saturated heterocycles. The van der Waals surface area contributed by atoms with Crippen LogP contribution in [0.25, 0.3) is 0 Å². The van der Waals surface area contributed by atoms with Gasteiger partial charge in [0.15, 0.2) is 5.78 Å². The number of rotatable bonds is 2. The minimum absolute atomic E-state index is 0.173. The third kappa shape index (κ3) is 2.56. The molecule has 0 aliphatic carbocycles. The van der Waals surface area contributed by atoms with Gasteiger partial charge in [-0.3, -0.25) is 4.79 Å². The van der Waals surface area contributed by atoms with Gasteiger partial charge in [0.25, 0.3) is 0 Å². The Labute approximate surface area is 50.4 Å². The summed E-state index contributed by atoms with van der Waals surface area (Å²) in [5.74, 6) is 0.173. The van der Waals surface area contributed by atoms with Crippen LogP contribution in [0.15, 0.2) is 11.6 Å². The van der Waals surface area contributed by atoms with Crippen LogP contribution in [0.1, 0.15) is 27.2 Å². The number of carbonyl (C=O) groups is 1. The van der Waals surface area contributed by atoms with Gasteiger partial charge in [-0.2, -0.15) is 0 Å². The third-order valence-electron chi connectivity index (χ3n) is 1.07. The summed E-state index contributed by atoms with van der Waals surface area (Å²) in [6.45, 7) is 5.44. The normalized spacial score (nSPS) is 11.6. The van der Waals surface area contributed by atoms with Crippen molar-refractivity contribution >= 4 is 5.78 Å². The van der Waals surface area contributed by atoms with Crippen molar-refractivity contribution in [2.75, 3.05) is 0 Å². The van der Waals surface area contributed by atoms with Crippen LogP contribution in [0.5, 0.6) is 0 Å². The maximum atomic E-state index is 10.5. The van der Waals surface area contributed by atoms with E-state index in [2.05, 4.69) is 0 Å². The maximum absolute atomic E-state index is 10.5. The molecule has 0 fully saturated rings. The van der Waals surface area contributed by atoms with Crippen LogP contribution in [-0.2, 0) is 4.79 Å². The Bertz CT molecular complexity index is 112. The summed E-state index contributed by atoms with van der Waals surface area (Å²) < 4.78 is 0. The van der Waals surface area contributed by atoms with E-state index < -0.39 is 0 Å². The van der Waals surface area contributed by atoms with Gasteiger partial charge in [-0.25, -0.2) is 0 Å². The lowest BCUT2D eigenvalue weighted by Gasteiger charge is -1.88. The van der Waals surface area contributed by atoms with E-state index in [0.717, 1.165) is 12.0 Å². The van der Waals surface area contributed by atoms with E-state index in [4.69, 9.17) is 0 Å². The van der Waals surface area contributed by atoms with Gasteiger partial charge >= 0.3 is 0 Å². The first-order valence-electron chi connectivity index (χ1n) is 2.86. The molecule has 0 N–H and O–H groups in total. The molecule has 0 heterocycles. The molecule has 0 aromatic rings. The molecule has 0 rings (SSSR count). The van der Waals surface area contributed by atoms with Crippen LogP contribution in [0.4, 0.5) is 0 Å². The summed E-state index contributed by atoms with van der Waals surface area (Å²) in [5, 5.41) is 0. The number of Topliss-reactive ketones (excluding diaryl/α,β-unsaturated/α-hetero) is 1. The predicted molar refractivity (Wildman–Crippen MR) is 34.7 cm³/mol. The molecule has 0 atom stereocenters. The third-order valence-corrected chi connectivity index (χ3v) is 1.07. The molecule has 0 unspecified atom stereocenters. The lowest BCUT2D eigenvalue weighted by atomic mass is 10.2. The molecule has 0 amide bonds. The second kappa shape index (κ2) is 3.42. The molecular weight excluding hydrogens is 100 g/mol. The van der Waals surface area contributed by atoms with Crippen LogP contribution >= 0.6 is 0 Å². The average Bonchev–Trinajstić information content (AvgIpc) is 1.67. The molecule has 46 valence electrons. The van der Waals surface area contributed by atoms with Gasteiger partial charge < -0.3 is 0 Å². The lowest BCUT2D eigenvalue weighted by Crippen LogP contribution is -1.89. The van der Waals surface area contributed by atoms with Crippen LogP contribution < -0.4 is 0 Å². The minimum atomic E-state index is 0.173. The molecular formula is C7H12O. The van der Waals surface area contributed by atoms with Crippen molar-refractivity contribution in [3.63, 3.8) is 0 Å². The number of carbonyl (C=O) groups excluding carboxylic acids is 1. The van der Waals surface area contributed by atoms with Gasteiger partial charge in [-0.15, -0.1) is 0 Å². The standard InChI is InChI=1S/C7H12O/c1-4-5-6(2)7(3)8/h5H,4H2,1-3H3/b6-5+. The van der Waals surface area contributed by atoms with E-state index in [1.54, 1.807) is 6.92 Å². The monoisotopic (exact) mass is 112 g/mol. The highest BCUT2D eigenvalue weighted by Crippen LogP contribution is 1.94. The Balaban J connectivity index is 3.80. The quantitative estimate of drug-likeness (QED) is 0.499. The zero-order valence-corrected chi connectivity index (χ0v) is 5.69. The highest BCUT2D eigenvalue weighted by Gasteiger charge is 1.90. The van der Waals surface area contributed by atoms with E-state index in [1.807, 2.05) is 19.9 Å². The van der Waals surface area contributed by atoms with Crippen LogP contribution in [0, 0.1) is 0 Å². The van der Waals surface area contributed by atoms with E-state index >= 15 is 0 Å². The SMILES string of the molecule is CC/C=C(\C)C(C)=O. The second-order valence-corrected chi connectivity index (χ2v) is 1.85. The van der Waals surface area contributed by atoms with Crippen molar-refractivity contribution in [1.82, 2.24) is 0 Å². The molecule has 8 heavy (non-hydrogen) atoms. The Kier molecular flexibility index (Phi) is 3.16. The molecule has 1 heteroatoms. The molecule has 0 spiro atoms. The van der Waals surface area contributed by atoms with Crippen molar-refractivity contribution in [3.05, 3.63) is 11.6 Å². The summed E-state index contributed by atoms with van der Waals surface area (Å²) in [4.78, 5) is 10.5. The number of hydrogen-bond acceptors (Lipinski definition) is 1. The van der Waals surface area contributed by atoms with Crippen molar-refractivity contribution in [3.8, 4) is 0 Å². The molecule has 1 nitrogen and oxygen atoms in total. The number of allylic oxidation sites excluding steroid dienone is 2. The smallest absolute Gasteiger partial charge is 0.155 e. The Hall–Kier alpha value is -0.590. The molecule has 0 aromatic heterocycles. The van der Waals surface area contributed by atoms with E-state index in [-0.39, 0.29) is 5.78 Å². The molecule has 0 aliphatic heterocycles. The first-order valence-corrected chi connectivity index (χ1v) is 2.86. The molecule has 0 bridgehead atoms. The summed E-state index contributed by atoms with van der Waals surface area (Å²) in [6, 6.07) is 0. The highest BCUT2D eigenvalue weighted by atomic mass is 16.1. The minimum Gasteiger partial charge on any atom is -0.295 e. The fourth-order valence-electron chi connectivity index (χ4n) is 0.450. The van der Waals surface area contributed by atoms with Crippen molar-refractivity contribution < 1.29 is 4.79 Å². The summed E-state index contributed by atoms with van der Waals surface area (Å²) >= 11 is 0. The summed E-state index contributed by atoms with van der Waals surface area (Å²) in [6.07, 6.45) is 2.88. The highest BCUT2D eigenvalue weighted by molar-refractivity contribution is 5.92. The first kappa shape index (κ1) is 7.41. The average molecular weight is 112 g/mol. The topological polar surface area (TPSA) is 17.1 Å². The molecule has 0 saturated carbocycles. The molecule has 0 aromatic carbocycles. The summed E-state index contributed by atoms with van der Waals surface area (Å²) in [7, 11) is 0.